The highest BCUT2D eigenvalue weighted by Crippen LogP contribution is 2.47. The van der Waals surface area contributed by atoms with Crippen molar-refractivity contribution in [2.75, 3.05) is 5.75 Å². The topological polar surface area (TPSA) is 78.4 Å². The van der Waals surface area contributed by atoms with Crippen LogP contribution in [0, 0.1) is 0 Å². The number of hydrogen-bond acceptors (Lipinski definition) is 3. The fourth-order valence-corrected chi connectivity index (χ4v) is 4.71. The molecule has 2 aliphatic heterocycles. The third-order valence-electron chi connectivity index (χ3n) is 4.23. The van der Waals surface area contributed by atoms with Crippen LogP contribution in [0.5, 0.6) is 0 Å². The standard InChI is InChI=1S/C12H20N2O3S/c1-11-7-18-8(5-3-4-6-9(15)16)12(11,2)14-10(17)13-11/h8H,3-7H2,1-2H3,(H,15,16)(H2,13,14,17)/t8-,11-,12+/m0/s1. The summed E-state index contributed by atoms with van der Waals surface area (Å²) in [5.41, 5.74) is -0.413. The molecular formula is C12H20N2O3S. The van der Waals surface area contributed by atoms with Gasteiger partial charge >= 0.3 is 12.0 Å². The van der Waals surface area contributed by atoms with Gasteiger partial charge in [-0.25, -0.2) is 4.79 Å². The molecule has 0 radical (unpaired) electrons. The summed E-state index contributed by atoms with van der Waals surface area (Å²) < 4.78 is 0. The number of rotatable bonds is 5. The van der Waals surface area contributed by atoms with E-state index in [-0.39, 0.29) is 23.5 Å². The average Bonchev–Trinajstić information content (AvgIpc) is 2.60. The van der Waals surface area contributed by atoms with Gasteiger partial charge in [-0.3, -0.25) is 4.79 Å². The average molecular weight is 272 g/mol. The lowest BCUT2D eigenvalue weighted by Gasteiger charge is -2.35. The van der Waals surface area contributed by atoms with Gasteiger partial charge in [0, 0.05) is 17.4 Å². The predicted molar refractivity (Wildman–Crippen MR) is 70.8 cm³/mol. The van der Waals surface area contributed by atoms with Gasteiger partial charge in [0.25, 0.3) is 0 Å². The number of amides is 2. The summed E-state index contributed by atoms with van der Waals surface area (Å²) >= 11 is 1.87. The Labute approximate surface area is 111 Å². The van der Waals surface area contributed by atoms with E-state index in [9.17, 15) is 9.59 Å². The fraction of sp³-hybridized carbons (Fsp3) is 0.833. The molecule has 0 aromatic heterocycles. The molecule has 0 aliphatic carbocycles. The lowest BCUT2D eigenvalue weighted by atomic mass is 9.79. The third-order valence-corrected chi connectivity index (χ3v) is 6.09. The number of carbonyl (C=O) groups excluding carboxylic acids is 1. The molecule has 0 aromatic carbocycles. The highest BCUT2D eigenvalue weighted by Gasteiger charge is 2.60. The zero-order chi connectivity index (χ0) is 13.4. The second-order valence-corrected chi connectivity index (χ2v) is 6.74. The number of fused-ring (bicyclic) bond motifs is 1. The molecule has 3 N–H and O–H groups in total. The highest BCUT2D eigenvalue weighted by molar-refractivity contribution is 8.00. The molecule has 2 fully saturated rings. The summed E-state index contributed by atoms with van der Waals surface area (Å²) in [5, 5.41) is 15.0. The number of thioether (sulfide) groups is 1. The molecule has 18 heavy (non-hydrogen) atoms. The summed E-state index contributed by atoms with van der Waals surface area (Å²) in [6.07, 6.45) is 2.79. The van der Waals surface area contributed by atoms with Crippen molar-refractivity contribution in [2.45, 2.75) is 55.9 Å². The molecule has 2 rings (SSSR count). The van der Waals surface area contributed by atoms with Crippen molar-refractivity contribution in [3.8, 4) is 0 Å². The first kappa shape index (κ1) is 13.5. The number of nitrogens with one attached hydrogen (secondary N) is 2. The summed E-state index contributed by atoms with van der Waals surface area (Å²) in [5.74, 6) is 0.173. The van der Waals surface area contributed by atoms with E-state index in [1.165, 1.54) is 0 Å². The summed E-state index contributed by atoms with van der Waals surface area (Å²) in [4.78, 5) is 22.0. The van der Waals surface area contributed by atoms with E-state index in [2.05, 4.69) is 24.5 Å². The quantitative estimate of drug-likeness (QED) is 0.524. The van der Waals surface area contributed by atoms with Gasteiger partial charge in [-0.15, -0.1) is 0 Å². The van der Waals surface area contributed by atoms with Crippen LogP contribution in [0.1, 0.15) is 39.5 Å². The number of carboxylic acid groups (broad SMARTS) is 1. The Morgan fingerprint density at radius 3 is 2.83 bits per heavy atom. The van der Waals surface area contributed by atoms with Gasteiger partial charge in [0.15, 0.2) is 0 Å². The van der Waals surface area contributed by atoms with E-state index < -0.39 is 5.97 Å². The number of carbonyl (C=O) groups is 2. The van der Waals surface area contributed by atoms with Gasteiger partial charge in [-0.2, -0.15) is 11.8 Å². The summed E-state index contributed by atoms with van der Waals surface area (Å²) in [6.45, 7) is 4.17. The van der Waals surface area contributed by atoms with E-state index in [1.807, 2.05) is 11.8 Å². The SMILES string of the molecule is C[C@]12CS[C@@H](CCCCC(=O)O)[C@@]1(C)NC(=O)N2. The van der Waals surface area contributed by atoms with Crippen LogP contribution < -0.4 is 10.6 Å². The van der Waals surface area contributed by atoms with Crippen LogP contribution in [0.25, 0.3) is 0 Å². The first-order valence-electron chi connectivity index (χ1n) is 6.31. The van der Waals surface area contributed by atoms with Crippen LogP contribution in [0.15, 0.2) is 0 Å². The molecule has 2 heterocycles. The third kappa shape index (κ3) is 2.18. The van der Waals surface area contributed by atoms with Crippen LogP contribution in [0.4, 0.5) is 4.79 Å². The Kier molecular flexibility index (Phi) is 3.49. The summed E-state index contributed by atoms with van der Waals surface area (Å²) in [6, 6.07) is -0.0872. The minimum Gasteiger partial charge on any atom is -0.481 e. The minimum atomic E-state index is -0.735. The Hall–Kier alpha value is -0.910. The molecule has 0 unspecified atom stereocenters. The zero-order valence-corrected chi connectivity index (χ0v) is 11.6. The maximum atomic E-state index is 11.5. The van der Waals surface area contributed by atoms with Gasteiger partial charge in [0.2, 0.25) is 0 Å². The van der Waals surface area contributed by atoms with E-state index in [0.29, 0.717) is 11.7 Å². The molecule has 5 nitrogen and oxygen atoms in total. The molecule has 3 atom stereocenters. The Morgan fingerprint density at radius 1 is 1.44 bits per heavy atom. The normalized spacial score (nSPS) is 38.1. The molecular weight excluding hydrogens is 252 g/mol. The first-order valence-corrected chi connectivity index (χ1v) is 7.36. The van der Waals surface area contributed by atoms with Crippen molar-refractivity contribution in [3.63, 3.8) is 0 Å². The second kappa shape index (κ2) is 4.64. The number of carboxylic acids is 1. The number of urea groups is 1. The monoisotopic (exact) mass is 272 g/mol. The van der Waals surface area contributed by atoms with Gasteiger partial charge in [-0.05, 0) is 26.7 Å². The van der Waals surface area contributed by atoms with Gasteiger partial charge < -0.3 is 15.7 Å². The number of hydrogen-bond donors (Lipinski definition) is 3. The van der Waals surface area contributed by atoms with Crippen molar-refractivity contribution in [2.24, 2.45) is 0 Å². The lowest BCUT2D eigenvalue weighted by molar-refractivity contribution is -0.137. The molecule has 2 aliphatic rings. The first-order chi connectivity index (χ1) is 8.37. The van der Waals surface area contributed by atoms with E-state index in [1.54, 1.807) is 0 Å². The Bertz CT molecular complexity index is 376. The predicted octanol–water partition coefficient (Wildman–Crippen LogP) is 1.58. The van der Waals surface area contributed by atoms with Crippen molar-refractivity contribution in [1.82, 2.24) is 10.6 Å². The van der Waals surface area contributed by atoms with E-state index in [4.69, 9.17) is 5.11 Å². The largest absolute Gasteiger partial charge is 0.481 e. The van der Waals surface area contributed by atoms with Crippen LogP contribution in [-0.4, -0.2) is 39.2 Å². The molecule has 2 saturated heterocycles. The van der Waals surface area contributed by atoms with E-state index >= 15 is 0 Å². The smallest absolute Gasteiger partial charge is 0.315 e. The van der Waals surface area contributed by atoms with Crippen LogP contribution >= 0.6 is 11.8 Å². The zero-order valence-electron chi connectivity index (χ0n) is 10.8. The number of unbranched alkanes of at least 4 members (excludes halogenated alkanes) is 1. The minimum absolute atomic E-state index is 0.0872. The van der Waals surface area contributed by atoms with Crippen molar-refractivity contribution in [1.29, 1.82) is 0 Å². The Morgan fingerprint density at radius 2 is 2.17 bits per heavy atom. The van der Waals surface area contributed by atoms with Gasteiger partial charge in [0.05, 0.1) is 11.1 Å². The van der Waals surface area contributed by atoms with Crippen LogP contribution in [0.2, 0.25) is 0 Å². The molecule has 0 spiro atoms. The highest BCUT2D eigenvalue weighted by atomic mass is 32.2. The Balaban J connectivity index is 1.91. The van der Waals surface area contributed by atoms with Crippen LogP contribution in [-0.2, 0) is 4.79 Å². The van der Waals surface area contributed by atoms with Crippen molar-refractivity contribution < 1.29 is 14.7 Å². The fourth-order valence-electron chi connectivity index (χ4n) is 2.82. The molecule has 2 amide bonds. The molecule has 0 saturated carbocycles. The van der Waals surface area contributed by atoms with Gasteiger partial charge in [-0.1, -0.05) is 6.42 Å². The van der Waals surface area contributed by atoms with Gasteiger partial charge in [0.1, 0.15) is 0 Å². The maximum absolute atomic E-state index is 11.5. The molecule has 102 valence electrons. The second-order valence-electron chi connectivity index (χ2n) is 5.55. The lowest BCUT2D eigenvalue weighted by Crippen LogP contribution is -2.58. The van der Waals surface area contributed by atoms with Crippen molar-refractivity contribution >= 4 is 23.8 Å². The summed E-state index contributed by atoms with van der Waals surface area (Å²) in [7, 11) is 0. The molecule has 0 aromatic rings. The molecule has 0 bridgehead atoms. The van der Waals surface area contributed by atoms with E-state index in [0.717, 1.165) is 18.6 Å². The van der Waals surface area contributed by atoms with Crippen LogP contribution in [0.3, 0.4) is 0 Å². The van der Waals surface area contributed by atoms with Crippen molar-refractivity contribution in [3.05, 3.63) is 0 Å². The number of aliphatic carboxylic acids is 1. The maximum Gasteiger partial charge on any atom is 0.315 e. The molecule has 6 heteroatoms.